The van der Waals surface area contributed by atoms with Gasteiger partial charge in [-0.15, -0.1) is 12.4 Å². The summed E-state index contributed by atoms with van der Waals surface area (Å²) in [6.45, 7) is 3.63. The molecule has 3 saturated heterocycles. The Kier molecular flexibility index (Phi) is 5.20. The first kappa shape index (κ1) is 16.5. The average molecular weight is 328 g/mol. The molecular formula is C14H18ClN3O4. The fourth-order valence-corrected chi connectivity index (χ4v) is 2.92. The molecular weight excluding hydrogens is 310 g/mol. The van der Waals surface area contributed by atoms with Crippen LogP contribution in [0.2, 0.25) is 0 Å². The molecule has 0 aliphatic carbocycles. The van der Waals surface area contributed by atoms with Crippen molar-refractivity contribution in [2.24, 2.45) is 0 Å². The predicted molar refractivity (Wildman–Crippen MR) is 82.5 cm³/mol. The van der Waals surface area contributed by atoms with E-state index < -0.39 is 4.92 Å². The molecule has 0 unspecified atom stereocenters. The molecule has 2 bridgehead atoms. The molecule has 0 radical (unpaired) electrons. The standard InChI is InChI=1S/C14H17N3O4.ClH/c18-14(16-10-9-15-7-5-11(16)6-8-15)21-13-3-1-12(2-4-13)17(19)20;/h1-4,11H,5-10H2;1H. The number of hydrogen-bond donors (Lipinski definition) is 0. The Hall–Kier alpha value is -1.86. The van der Waals surface area contributed by atoms with Gasteiger partial charge in [0, 0.05) is 44.4 Å². The number of nitrogens with zero attached hydrogens (tertiary/aromatic N) is 3. The van der Waals surface area contributed by atoms with E-state index in [2.05, 4.69) is 4.90 Å². The molecule has 0 aromatic heterocycles. The summed E-state index contributed by atoms with van der Waals surface area (Å²) < 4.78 is 5.34. The number of piperidine rings is 1. The fourth-order valence-electron chi connectivity index (χ4n) is 2.92. The summed E-state index contributed by atoms with van der Waals surface area (Å²) in [7, 11) is 0. The maximum absolute atomic E-state index is 12.3. The van der Waals surface area contributed by atoms with Crippen LogP contribution in [0.4, 0.5) is 10.5 Å². The lowest BCUT2D eigenvalue weighted by Gasteiger charge is -2.30. The SMILES string of the molecule is Cl.O=C(Oc1ccc([N+](=O)[O-])cc1)N1CCN2CCC1CC2. The molecule has 3 heterocycles. The first-order valence-electron chi connectivity index (χ1n) is 7.09. The van der Waals surface area contributed by atoms with Gasteiger partial charge in [0.05, 0.1) is 4.92 Å². The van der Waals surface area contributed by atoms with E-state index in [0.717, 1.165) is 32.5 Å². The molecule has 0 saturated carbocycles. The van der Waals surface area contributed by atoms with Crippen molar-refractivity contribution in [1.29, 1.82) is 0 Å². The third kappa shape index (κ3) is 3.48. The lowest BCUT2D eigenvalue weighted by atomic mass is 10.1. The molecule has 3 fully saturated rings. The number of nitro groups is 1. The lowest BCUT2D eigenvalue weighted by Crippen LogP contribution is -2.43. The van der Waals surface area contributed by atoms with Gasteiger partial charge >= 0.3 is 6.09 Å². The molecule has 1 aromatic rings. The Labute approximate surface area is 134 Å². The highest BCUT2D eigenvalue weighted by molar-refractivity contribution is 5.85. The van der Waals surface area contributed by atoms with E-state index in [0.29, 0.717) is 12.3 Å². The van der Waals surface area contributed by atoms with Crippen molar-refractivity contribution in [2.75, 3.05) is 26.2 Å². The highest BCUT2D eigenvalue weighted by Crippen LogP contribution is 2.23. The molecule has 3 aliphatic heterocycles. The second kappa shape index (κ2) is 6.93. The zero-order chi connectivity index (χ0) is 14.8. The van der Waals surface area contributed by atoms with E-state index in [4.69, 9.17) is 4.74 Å². The third-order valence-electron chi connectivity index (χ3n) is 4.14. The normalized spacial score (nSPS) is 23.4. The Morgan fingerprint density at radius 1 is 1.14 bits per heavy atom. The van der Waals surface area contributed by atoms with Gasteiger partial charge in [-0.3, -0.25) is 10.1 Å². The minimum atomic E-state index is -0.479. The highest BCUT2D eigenvalue weighted by atomic mass is 35.5. The van der Waals surface area contributed by atoms with Crippen LogP contribution in [0, 0.1) is 10.1 Å². The summed E-state index contributed by atoms with van der Waals surface area (Å²) in [5, 5.41) is 10.6. The summed E-state index contributed by atoms with van der Waals surface area (Å²) in [6.07, 6.45) is 1.60. The van der Waals surface area contributed by atoms with Crippen molar-refractivity contribution in [3.8, 4) is 5.75 Å². The second-order valence-corrected chi connectivity index (χ2v) is 5.39. The summed E-state index contributed by atoms with van der Waals surface area (Å²) in [5.74, 6) is 0.338. The van der Waals surface area contributed by atoms with E-state index in [-0.39, 0.29) is 30.2 Å². The number of carbonyl (C=O) groups is 1. The van der Waals surface area contributed by atoms with Crippen LogP contribution < -0.4 is 4.74 Å². The average Bonchev–Trinajstić information content (AvgIpc) is 2.81. The molecule has 0 atom stereocenters. The molecule has 0 spiro atoms. The van der Waals surface area contributed by atoms with Crippen LogP contribution in [0.3, 0.4) is 0 Å². The van der Waals surface area contributed by atoms with Crippen LogP contribution in [0.5, 0.6) is 5.75 Å². The van der Waals surface area contributed by atoms with E-state index in [1.807, 2.05) is 0 Å². The largest absolute Gasteiger partial charge is 0.415 e. The summed E-state index contributed by atoms with van der Waals surface area (Å²) in [4.78, 5) is 26.5. The smallest absolute Gasteiger partial charge is 0.410 e. The van der Waals surface area contributed by atoms with Crippen LogP contribution >= 0.6 is 12.4 Å². The Morgan fingerprint density at radius 3 is 2.36 bits per heavy atom. The number of hydrogen-bond acceptors (Lipinski definition) is 5. The Bertz CT molecular complexity index is 544. The van der Waals surface area contributed by atoms with Crippen LogP contribution in [-0.2, 0) is 0 Å². The Balaban J connectivity index is 0.00000176. The number of halogens is 1. The third-order valence-corrected chi connectivity index (χ3v) is 4.14. The van der Waals surface area contributed by atoms with Crippen molar-refractivity contribution >= 4 is 24.2 Å². The quantitative estimate of drug-likeness (QED) is 0.615. The van der Waals surface area contributed by atoms with Gasteiger partial charge in [-0.05, 0) is 25.0 Å². The van der Waals surface area contributed by atoms with Gasteiger partial charge in [-0.2, -0.15) is 0 Å². The molecule has 1 aromatic carbocycles. The fraction of sp³-hybridized carbons (Fsp3) is 0.500. The van der Waals surface area contributed by atoms with E-state index in [1.54, 1.807) is 4.90 Å². The topological polar surface area (TPSA) is 75.9 Å². The number of benzene rings is 1. The van der Waals surface area contributed by atoms with Crippen LogP contribution in [-0.4, -0.2) is 53.0 Å². The molecule has 7 nitrogen and oxygen atoms in total. The molecule has 4 rings (SSSR count). The molecule has 8 heteroatoms. The lowest BCUT2D eigenvalue weighted by molar-refractivity contribution is -0.384. The summed E-state index contributed by atoms with van der Waals surface area (Å²) in [5.41, 5.74) is -0.0176. The van der Waals surface area contributed by atoms with Crippen LogP contribution in [0.25, 0.3) is 0 Å². The van der Waals surface area contributed by atoms with Gasteiger partial charge in [0.15, 0.2) is 0 Å². The maximum atomic E-state index is 12.3. The van der Waals surface area contributed by atoms with E-state index >= 15 is 0 Å². The number of fused-ring (bicyclic) bond motifs is 4. The zero-order valence-electron chi connectivity index (χ0n) is 12.0. The van der Waals surface area contributed by atoms with Crippen LogP contribution in [0.1, 0.15) is 12.8 Å². The molecule has 22 heavy (non-hydrogen) atoms. The Morgan fingerprint density at radius 2 is 1.77 bits per heavy atom. The van der Waals surface area contributed by atoms with Gasteiger partial charge in [0.1, 0.15) is 5.75 Å². The zero-order valence-corrected chi connectivity index (χ0v) is 12.8. The van der Waals surface area contributed by atoms with Crippen molar-refractivity contribution < 1.29 is 14.5 Å². The maximum Gasteiger partial charge on any atom is 0.415 e. The molecule has 120 valence electrons. The van der Waals surface area contributed by atoms with Gasteiger partial charge < -0.3 is 14.5 Å². The highest BCUT2D eigenvalue weighted by Gasteiger charge is 2.32. The minimum absolute atomic E-state index is 0. The number of carbonyl (C=O) groups excluding carboxylic acids is 1. The van der Waals surface area contributed by atoms with Crippen molar-refractivity contribution in [3.05, 3.63) is 34.4 Å². The van der Waals surface area contributed by atoms with Crippen molar-refractivity contribution in [3.63, 3.8) is 0 Å². The summed E-state index contributed by atoms with van der Waals surface area (Å²) in [6, 6.07) is 5.82. The molecule has 1 amide bonds. The monoisotopic (exact) mass is 327 g/mol. The van der Waals surface area contributed by atoms with Crippen molar-refractivity contribution in [2.45, 2.75) is 18.9 Å². The van der Waals surface area contributed by atoms with Gasteiger partial charge in [-0.25, -0.2) is 4.79 Å². The van der Waals surface area contributed by atoms with Gasteiger partial charge in [-0.1, -0.05) is 0 Å². The molecule has 3 aliphatic rings. The second-order valence-electron chi connectivity index (χ2n) is 5.39. The molecule has 0 N–H and O–H groups in total. The summed E-state index contributed by atoms with van der Waals surface area (Å²) >= 11 is 0. The number of non-ortho nitro benzene ring substituents is 1. The number of amides is 1. The van der Waals surface area contributed by atoms with E-state index in [9.17, 15) is 14.9 Å². The number of nitro benzene ring substituents is 1. The predicted octanol–water partition coefficient (Wildman–Crippen LogP) is 2.30. The minimum Gasteiger partial charge on any atom is -0.410 e. The number of rotatable bonds is 2. The van der Waals surface area contributed by atoms with Gasteiger partial charge in [0.25, 0.3) is 5.69 Å². The first-order chi connectivity index (χ1) is 10.1. The van der Waals surface area contributed by atoms with Crippen LogP contribution in [0.15, 0.2) is 24.3 Å². The van der Waals surface area contributed by atoms with Gasteiger partial charge in [0.2, 0.25) is 0 Å². The van der Waals surface area contributed by atoms with Crippen molar-refractivity contribution in [1.82, 2.24) is 9.80 Å². The number of ether oxygens (including phenoxy) is 1. The van der Waals surface area contributed by atoms with E-state index in [1.165, 1.54) is 24.3 Å². The first-order valence-corrected chi connectivity index (χ1v) is 7.09.